The number of carbonyl (C=O) groups is 3. The Hall–Kier alpha value is -5.35. The molecule has 0 N–H and O–H groups in total. The number of likely N-dealkylation sites (N-methyl/N-ethyl adjacent to an activating group) is 1. The Morgan fingerprint density at radius 1 is 0.411 bits per heavy atom. The minimum absolute atomic E-state index is 0.121. The summed E-state index contributed by atoms with van der Waals surface area (Å²) >= 11 is 0. The first-order valence-electron chi connectivity index (χ1n) is 27.3. The minimum atomic E-state index is -1.66. The Balaban J connectivity index is 4.47. The van der Waals surface area contributed by atoms with Crippen molar-refractivity contribution >= 4 is 17.9 Å². The first-order chi connectivity index (χ1) is 35.6. The van der Waals surface area contributed by atoms with Crippen molar-refractivity contribution in [1.82, 2.24) is 0 Å². The van der Waals surface area contributed by atoms with E-state index in [-0.39, 0.29) is 32.7 Å². The Morgan fingerprint density at radius 2 is 0.753 bits per heavy atom. The first-order valence-corrected chi connectivity index (χ1v) is 27.3. The van der Waals surface area contributed by atoms with Crippen LogP contribution in [-0.2, 0) is 33.3 Å². The molecular weight excluding hydrogens is 911 g/mol. The van der Waals surface area contributed by atoms with Gasteiger partial charge >= 0.3 is 11.9 Å². The monoisotopic (exact) mass is 1010 g/mol. The van der Waals surface area contributed by atoms with Crippen molar-refractivity contribution in [3.05, 3.63) is 170 Å². The number of aliphatic carboxylic acids is 1. The molecule has 0 aliphatic carbocycles. The maximum Gasteiger partial charge on any atom is 0.306 e. The molecule has 0 aromatic carbocycles. The number of unbranched alkanes of at least 4 members (excludes halogenated alkanes) is 4. The van der Waals surface area contributed by atoms with Gasteiger partial charge in [0.05, 0.1) is 40.3 Å². The van der Waals surface area contributed by atoms with E-state index >= 15 is 0 Å². The average molecular weight is 1010 g/mol. The van der Waals surface area contributed by atoms with Gasteiger partial charge in [0.15, 0.2) is 12.4 Å². The third kappa shape index (κ3) is 54.3. The van der Waals surface area contributed by atoms with E-state index in [1.54, 1.807) is 0 Å². The van der Waals surface area contributed by atoms with Crippen LogP contribution < -0.4 is 5.11 Å². The van der Waals surface area contributed by atoms with Gasteiger partial charge in [0.2, 0.25) is 0 Å². The summed E-state index contributed by atoms with van der Waals surface area (Å²) in [6, 6.07) is 0. The molecule has 9 nitrogen and oxygen atoms in total. The molecule has 0 aliphatic heterocycles. The lowest BCUT2D eigenvalue weighted by molar-refractivity contribution is -0.870. The first kappa shape index (κ1) is 67.6. The van der Waals surface area contributed by atoms with Crippen molar-refractivity contribution in [1.29, 1.82) is 0 Å². The topological polar surface area (TPSA) is 111 Å². The van der Waals surface area contributed by atoms with Crippen molar-refractivity contribution in [3.63, 3.8) is 0 Å². The highest BCUT2D eigenvalue weighted by Gasteiger charge is 2.21. The summed E-state index contributed by atoms with van der Waals surface area (Å²) in [6.45, 7) is 4.36. The number of esters is 2. The summed E-state index contributed by atoms with van der Waals surface area (Å²) in [4.78, 5) is 37.2. The Bertz CT molecular complexity index is 1790. The maximum absolute atomic E-state index is 12.8. The molecule has 0 bridgehead atoms. The molecule has 406 valence electrons. The fourth-order valence-corrected chi connectivity index (χ4v) is 6.33. The number of carboxylic acids is 1. The van der Waals surface area contributed by atoms with Crippen LogP contribution in [0.4, 0.5) is 0 Å². The van der Waals surface area contributed by atoms with Crippen LogP contribution >= 0.6 is 0 Å². The van der Waals surface area contributed by atoms with Crippen LogP contribution in [0.25, 0.3) is 0 Å². The van der Waals surface area contributed by atoms with Gasteiger partial charge in [-0.05, 0) is 122 Å². The molecule has 2 atom stereocenters. The Labute approximate surface area is 444 Å². The van der Waals surface area contributed by atoms with E-state index in [4.69, 9.17) is 18.9 Å². The average Bonchev–Trinajstić information content (AvgIpc) is 3.36. The van der Waals surface area contributed by atoms with Gasteiger partial charge in [0.25, 0.3) is 0 Å². The van der Waals surface area contributed by atoms with Crippen molar-refractivity contribution in [3.8, 4) is 0 Å². The summed E-state index contributed by atoms with van der Waals surface area (Å²) in [5, 5.41) is 11.8. The molecule has 0 rings (SSSR count). The summed E-state index contributed by atoms with van der Waals surface area (Å²) in [5.74, 6) is -2.44. The van der Waals surface area contributed by atoms with E-state index in [1.807, 2.05) is 27.2 Å². The largest absolute Gasteiger partial charge is 0.545 e. The number of carbonyl (C=O) groups excluding carboxylic acids is 3. The quantitative estimate of drug-likeness (QED) is 0.0195. The lowest BCUT2D eigenvalue weighted by Gasteiger charge is -2.26. The van der Waals surface area contributed by atoms with Crippen molar-refractivity contribution in [2.24, 2.45) is 0 Å². The normalized spacial score (nSPS) is 14.2. The van der Waals surface area contributed by atoms with Crippen molar-refractivity contribution in [2.45, 2.75) is 167 Å². The molecule has 0 spiro atoms. The van der Waals surface area contributed by atoms with Crippen molar-refractivity contribution in [2.75, 3.05) is 47.5 Å². The fourth-order valence-electron chi connectivity index (χ4n) is 6.33. The number of rotatable bonds is 47. The van der Waals surface area contributed by atoms with Crippen LogP contribution in [0.1, 0.15) is 155 Å². The number of carboxylic acid groups (broad SMARTS) is 1. The lowest BCUT2D eigenvalue weighted by Crippen LogP contribution is -2.44. The molecule has 0 heterocycles. The molecule has 0 saturated carbocycles. The van der Waals surface area contributed by atoms with E-state index < -0.39 is 30.3 Å². The second kappa shape index (κ2) is 53.0. The second-order valence-electron chi connectivity index (χ2n) is 18.4. The van der Waals surface area contributed by atoms with Crippen LogP contribution in [0.5, 0.6) is 0 Å². The molecule has 0 fully saturated rings. The van der Waals surface area contributed by atoms with Gasteiger partial charge in [-0.2, -0.15) is 0 Å². The van der Waals surface area contributed by atoms with E-state index in [2.05, 4.69) is 178 Å². The number of hydrogen-bond donors (Lipinski definition) is 0. The van der Waals surface area contributed by atoms with E-state index in [0.29, 0.717) is 23.9 Å². The third-order valence-corrected chi connectivity index (χ3v) is 10.5. The Morgan fingerprint density at radius 3 is 1.11 bits per heavy atom. The zero-order chi connectivity index (χ0) is 53.4. The van der Waals surface area contributed by atoms with Gasteiger partial charge < -0.3 is 33.3 Å². The maximum atomic E-state index is 12.8. The van der Waals surface area contributed by atoms with E-state index in [1.165, 1.54) is 0 Å². The zero-order valence-electron chi connectivity index (χ0n) is 45.9. The van der Waals surface area contributed by atoms with Crippen LogP contribution in [0.2, 0.25) is 0 Å². The summed E-state index contributed by atoms with van der Waals surface area (Å²) in [5.41, 5.74) is 0. The second-order valence-corrected chi connectivity index (χ2v) is 18.4. The summed E-state index contributed by atoms with van der Waals surface area (Å²) in [6.07, 6.45) is 76.9. The SMILES string of the molecule is CC/C=C\C/C=C\C/C=C\C/C=C\C/C=C\C/C=C\C/C=C\C/C=C\C/C=C\CCCCCC(=O)OC(COC(=O)CCC/C=C\C/C=C\C/C=C\C/C=C\C/C=C\CC)COC(OCC[N+](C)(C)C)C(=O)[O-]. The van der Waals surface area contributed by atoms with Crippen LogP contribution in [0, 0.1) is 0 Å². The minimum Gasteiger partial charge on any atom is -0.545 e. The van der Waals surface area contributed by atoms with E-state index in [9.17, 15) is 19.5 Å². The van der Waals surface area contributed by atoms with Crippen LogP contribution in [0.15, 0.2) is 170 Å². The summed E-state index contributed by atoms with van der Waals surface area (Å²) < 4.78 is 22.5. The molecule has 9 heteroatoms. The lowest BCUT2D eigenvalue weighted by atomic mass is 10.1. The molecule has 0 aliphatic rings. The van der Waals surface area contributed by atoms with Crippen LogP contribution in [-0.4, -0.2) is 82.3 Å². The molecule has 0 amide bonds. The third-order valence-electron chi connectivity index (χ3n) is 10.5. The number of ether oxygens (including phenoxy) is 4. The van der Waals surface area contributed by atoms with Gasteiger partial charge in [0, 0.05) is 12.8 Å². The van der Waals surface area contributed by atoms with Crippen LogP contribution in [0.3, 0.4) is 0 Å². The summed E-state index contributed by atoms with van der Waals surface area (Å²) in [7, 11) is 5.87. The predicted octanol–water partition coefficient (Wildman–Crippen LogP) is 14.7. The molecule has 0 radical (unpaired) electrons. The molecule has 73 heavy (non-hydrogen) atoms. The fraction of sp³-hybridized carbons (Fsp3) is 0.516. The standard InChI is InChI=1S/C64H97NO8/c1-6-8-10-12-14-16-18-20-22-24-25-26-27-28-29-30-31-32-33-34-35-36-37-39-41-43-45-47-49-51-53-55-62(67)73-60(59-72-64(63(68)69)70-57-56-65(3,4)5)58-71-61(66)54-52-50-48-46-44-42-40-38-23-21-19-17-15-13-11-9-7-2/h8-11,14-17,20-23,25-26,28-29,31-32,34-35,37,39-40,42-43,45-46,48,60,64H,6-7,12-13,18-19,24,27,30,33,36,38,41,44,47,49-59H2,1-5H3/b10-8-,11-9-,16-14-,17-15-,22-20-,23-21-,26-25-,29-28-,32-31-,35-34-,39-37-,42-40-,45-43-,48-46-. The van der Waals surface area contributed by atoms with Crippen molar-refractivity contribution < 1.29 is 42.9 Å². The van der Waals surface area contributed by atoms with Gasteiger partial charge in [-0.1, -0.05) is 190 Å². The highest BCUT2D eigenvalue weighted by atomic mass is 16.7. The molecule has 0 saturated heterocycles. The molecule has 2 unspecified atom stereocenters. The Kier molecular flexibility index (Phi) is 49.1. The number of allylic oxidation sites excluding steroid dienone is 28. The number of quaternary nitrogens is 1. The van der Waals surface area contributed by atoms with Gasteiger partial charge in [-0.25, -0.2) is 0 Å². The smallest absolute Gasteiger partial charge is 0.306 e. The highest BCUT2D eigenvalue weighted by Crippen LogP contribution is 2.10. The highest BCUT2D eigenvalue weighted by molar-refractivity contribution is 5.70. The zero-order valence-corrected chi connectivity index (χ0v) is 45.9. The predicted molar refractivity (Wildman–Crippen MR) is 305 cm³/mol. The number of hydrogen-bond acceptors (Lipinski definition) is 8. The molecular formula is C64H97NO8. The number of nitrogens with zero attached hydrogens (tertiary/aromatic N) is 1. The van der Waals surface area contributed by atoms with Gasteiger partial charge in [0.1, 0.15) is 13.2 Å². The molecule has 0 aromatic rings. The van der Waals surface area contributed by atoms with Gasteiger partial charge in [-0.3, -0.25) is 9.59 Å². The molecule has 0 aromatic heterocycles. The van der Waals surface area contributed by atoms with E-state index in [0.717, 1.165) is 116 Å². The van der Waals surface area contributed by atoms with Gasteiger partial charge in [-0.15, -0.1) is 0 Å².